The fraction of sp³-hybridized carbons (Fsp3) is 0.846. The Labute approximate surface area is 342 Å². The van der Waals surface area contributed by atoms with Gasteiger partial charge in [-0.25, -0.2) is 0 Å². The summed E-state index contributed by atoms with van der Waals surface area (Å²) in [7, 11) is 9.53. The molecule has 0 saturated carbocycles. The van der Waals surface area contributed by atoms with Crippen LogP contribution in [0.3, 0.4) is 0 Å². The second kappa shape index (κ2) is 44.4. The number of Topliss-reactive ketones (excluding diaryl/α,β-unsaturated/α-hetero) is 3. The summed E-state index contributed by atoms with van der Waals surface area (Å²) in [6.07, 6.45) is 6.91. The van der Waals surface area contributed by atoms with E-state index in [2.05, 4.69) is 0 Å². The molecule has 15 nitrogen and oxygen atoms in total. The molecule has 0 unspecified atom stereocenters. The minimum atomic E-state index is -0.134. The molecule has 323 valence electrons. The Balaban J connectivity index is -0.000000351. The second-order valence-electron chi connectivity index (χ2n) is 12.6. The van der Waals surface area contributed by atoms with Gasteiger partial charge >= 0.3 is 17.1 Å². The van der Waals surface area contributed by atoms with Crippen LogP contribution in [0, 0.1) is 0 Å². The van der Waals surface area contributed by atoms with E-state index in [-0.39, 0.29) is 71.4 Å². The number of carbonyl (C=O) groups is 6. The number of unbranched alkanes of at least 4 members (excludes halogenated alkanes) is 3. The Kier molecular flexibility index (Phi) is 48.0. The van der Waals surface area contributed by atoms with Gasteiger partial charge in [-0.15, -0.1) is 0 Å². The molecular weight excluding hydrogens is 758 g/mol. The van der Waals surface area contributed by atoms with Crippen LogP contribution < -0.4 is 0 Å². The van der Waals surface area contributed by atoms with Crippen molar-refractivity contribution in [3.05, 3.63) is 0 Å². The van der Waals surface area contributed by atoms with Crippen molar-refractivity contribution in [1.82, 2.24) is 14.7 Å². The number of hydrogen-bond acceptors (Lipinski definition) is 12. The van der Waals surface area contributed by atoms with Crippen molar-refractivity contribution in [3.8, 4) is 0 Å². The monoisotopic (exact) mass is 833 g/mol. The summed E-state index contributed by atoms with van der Waals surface area (Å²) in [6, 6.07) is 0. The fourth-order valence-corrected chi connectivity index (χ4v) is 4.52. The standard InChI is InChI=1S/3C13H25NO4.Fe/c3*1-4-5-6-12(15)11-13(16)14(7-9-17-2)8-10-18-3;/h3*4-11H2,1-3H3;/q;;;+3. The van der Waals surface area contributed by atoms with Crippen LogP contribution in [0.5, 0.6) is 0 Å². The number of amides is 3. The summed E-state index contributed by atoms with van der Waals surface area (Å²) in [5.74, 6) is -0.356. The van der Waals surface area contributed by atoms with Gasteiger partial charge in [0.1, 0.15) is 17.3 Å². The average Bonchev–Trinajstić information content (AvgIpc) is 3.15. The van der Waals surface area contributed by atoms with Gasteiger partial charge in [-0.05, 0) is 19.3 Å². The van der Waals surface area contributed by atoms with Crippen molar-refractivity contribution < 1.29 is 74.3 Å². The van der Waals surface area contributed by atoms with Crippen LogP contribution in [0.25, 0.3) is 0 Å². The predicted molar refractivity (Wildman–Crippen MR) is 208 cm³/mol. The molecule has 0 N–H and O–H groups in total. The topological polar surface area (TPSA) is 168 Å². The van der Waals surface area contributed by atoms with Gasteiger partial charge in [0, 0.05) is 101 Å². The quantitative estimate of drug-likeness (QED) is 0.0695. The van der Waals surface area contributed by atoms with Crippen LogP contribution in [0.2, 0.25) is 0 Å². The summed E-state index contributed by atoms with van der Waals surface area (Å²) in [6.45, 7) is 11.9. The summed E-state index contributed by atoms with van der Waals surface area (Å²) < 4.78 is 29.7. The Bertz CT molecular complexity index is 832. The number of nitrogens with zero attached hydrogens (tertiary/aromatic N) is 3. The van der Waals surface area contributed by atoms with Crippen molar-refractivity contribution in [2.24, 2.45) is 0 Å². The van der Waals surface area contributed by atoms with Gasteiger partial charge in [-0.2, -0.15) is 0 Å². The molecule has 0 saturated heterocycles. The molecule has 55 heavy (non-hydrogen) atoms. The van der Waals surface area contributed by atoms with E-state index in [9.17, 15) is 28.8 Å². The molecule has 0 atom stereocenters. The number of rotatable bonds is 33. The Hall–Kier alpha value is -2.30. The first kappa shape index (κ1) is 59.4. The maximum atomic E-state index is 11.9. The van der Waals surface area contributed by atoms with Crippen LogP contribution in [-0.4, -0.2) is 171 Å². The average molecular weight is 834 g/mol. The number of hydrogen-bond donors (Lipinski definition) is 0. The molecule has 0 aromatic carbocycles. The Morgan fingerprint density at radius 2 is 0.545 bits per heavy atom. The number of carbonyl (C=O) groups excluding carboxylic acids is 6. The van der Waals surface area contributed by atoms with E-state index in [0.29, 0.717) is 98.2 Å². The molecule has 0 aliphatic rings. The SMILES string of the molecule is CCCCC(=O)CC(=O)N(CCOC)CCOC.CCCCC(=O)CC(=O)N(CCOC)CCOC.CCCCC(=O)CC(=O)N(CCOC)CCOC.[Fe+3]. The van der Waals surface area contributed by atoms with Gasteiger partial charge in [0.15, 0.2) is 0 Å². The van der Waals surface area contributed by atoms with Crippen molar-refractivity contribution in [1.29, 1.82) is 0 Å². The summed E-state index contributed by atoms with van der Waals surface area (Å²) >= 11 is 0. The van der Waals surface area contributed by atoms with Gasteiger partial charge in [0.05, 0.1) is 58.9 Å². The van der Waals surface area contributed by atoms with Gasteiger partial charge < -0.3 is 43.1 Å². The van der Waals surface area contributed by atoms with E-state index in [1.807, 2.05) is 20.8 Å². The van der Waals surface area contributed by atoms with Crippen molar-refractivity contribution >= 4 is 35.1 Å². The van der Waals surface area contributed by atoms with Crippen molar-refractivity contribution in [3.63, 3.8) is 0 Å². The number of ether oxygens (including phenoxy) is 6. The van der Waals surface area contributed by atoms with E-state index in [4.69, 9.17) is 28.4 Å². The molecule has 1 radical (unpaired) electrons. The van der Waals surface area contributed by atoms with Crippen molar-refractivity contribution in [2.45, 2.75) is 97.8 Å². The zero-order chi connectivity index (χ0) is 41.4. The third-order valence-corrected chi connectivity index (χ3v) is 7.92. The molecule has 0 rings (SSSR count). The van der Waals surface area contributed by atoms with Gasteiger partial charge in [0.25, 0.3) is 0 Å². The first-order chi connectivity index (χ1) is 26.0. The number of methoxy groups -OCH3 is 6. The van der Waals surface area contributed by atoms with Crippen LogP contribution in [0.4, 0.5) is 0 Å². The van der Waals surface area contributed by atoms with Crippen LogP contribution >= 0.6 is 0 Å². The summed E-state index contributed by atoms with van der Waals surface area (Å²) in [5.41, 5.74) is 0. The minimum Gasteiger partial charge on any atom is -0.383 e. The maximum absolute atomic E-state index is 11.9. The third kappa shape index (κ3) is 38.4. The third-order valence-electron chi connectivity index (χ3n) is 7.92. The Morgan fingerprint density at radius 3 is 0.691 bits per heavy atom. The van der Waals surface area contributed by atoms with Gasteiger partial charge in [-0.3, -0.25) is 28.8 Å². The molecule has 0 aliphatic carbocycles. The van der Waals surface area contributed by atoms with Gasteiger partial charge in [0.2, 0.25) is 17.7 Å². The minimum absolute atomic E-state index is 0. The molecule has 16 heteroatoms. The fourth-order valence-electron chi connectivity index (χ4n) is 4.52. The normalized spacial score (nSPS) is 10.2. The van der Waals surface area contributed by atoms with E-state index in [1.54, 1.807) is 57.4 Å². The first-order valence-corrected chi connectivity index (χ1v) is 19.3. The number of ketones is 3. The van der Waals surface area contributed by atoms with E-state index in [0.717, 1.165) is 38.5 Å². The molecular formula is C39H75FeN3O12+3. The van der Waals surface area contributed by atoms with Crippen LogP contribution in [0.1, 0.15) is 97.8 Å². The molecule has 0 spiro atoms. The Morgan fingerprint density at radius 1 is 0.364 bits per heavy atom. The molecule has 0 bridgehead atoms. The smallest absolute Gasteiger partial charge is 0.383 e. The molecule has 0 aromatic heterocycles. The summed E-state index contributed by atoms with van der Waals surface area (Å²) in [5, 5.41) is 0. The molecule has 0 fully saturated rings. The molecule has 3 amide bonds. The van der Waals surface area contributed by atoms with E-state index >= 15 is 0 Å². The predicted octanol–water partition coefficient (Wildman–Crippen LogP) is 3.77. The molecule has 0 aliphatic heterocycles. The van der Waals surface area contributed by atoms with Crippen molar-refractivity contribution in [2.75, 3.05) is 122 Å². The maximum Gasteiger partial charge on any atom is 3.00 e. The van der Waals surface area contributed by atoms with Crippen LogP contribution in [0.15, 0.2) is 0 Å². The molecule has 0 aromatic rings. The van der Waals surface area contributed by atoms with Gasteiger partial charge in [-0.1, -0.05) is 40.0 Å². The van der Waals surface area contributed by atoms with E-state index < -0.39 is 0 Å². The van der Waals surface area contributed by atoms with Crippen LogP contribution in [-0.2, 0) is 74.3 Å². The second-order valence-corrected chi connectivity index (χ2v) is 12.6. The van der Waals surface area contributed by atoms with E-state index in [1.165, 1.54) is 0 Å². The summed E-state index contributed by atoms with van der Waals surface area (Å²) in [4.78, 5) is 75.3. The molecule has 0 heterocycles. The first-order valence-electron chi connectivity index (χ1n) is 19.3. The zero-order valence-electron chi connectivity index (χ0n) is 35.6. The largest absolute Gasteiger partial charge is 3.00 e. The zero-order valence-corrected chi connectivity index (χ0v) is 36.7.